The average Bonchev–Trinajstić information content (AvgIpc) is 2.69. The van der Waals surface area contributed by atoms with Gasteiger partial charge in [-0.3, -0.25) is 14.4 Å². The van der Waals surface area contributed by atoms with Gasteiger partial charge in [-0.25, -0.2) is 4.79 Å². The molecule has 1 heterocycles. The Morgan fingerprint density at radius 2 is 1.90 bits per heavy atom. The van der Waals surface area contributed by atoms with Gasteiger partial charge in [-0.15, -0.1) is 0 Å². The fourth-order valence-corrected chi connectivity index (χ4v) is 2.05. The molecule has 1 fully saturated rings. The number of aliphatic hydroxyl groups excluding tert-OH is 1. The van der Waals surface area contributed by atoms with Crippen LogP contribution in [0, 0.1) is 0 Å². The van der Waals surface area contributed by atoms with Gasteiger partial charge < -0.3 is 25.5 Å². The lowest BCUT2D eigenvalue weighted by atomic mass is 10.1. The molecule has 1 aliphatic rings. The van der Waals surface area contributed by atoms with E-state index in [1.165, 1.54) is 6.92 Å². The van der Waals surface area contributed by atoms with Crippen LogP contribution >= 0.6 is 0 Å². The monoisotopic (exact) mass is 288 g/mol. The first-order valence-electron chi connectivity index (χ1n) is 5.92. The molecule has 3 atom stereocenters. The predicted molar refractivity (Wildman–Crippen MR) is 63.6 cm³/mol. The minimum atomic E-state index is -1.58. The summed E-state index contributed by atoms with van der Waals surface area (Å²) in [5.74, 6) is -4.06. The fraction of sp³-hybridized carbons (Fsp3) is 0.636. The fourth-order valence-electron chi connectivity index (χ4n) is 2.05. The highest BCUT2D eigenvalue weighted by molar-refractivity contribution is 5.91. The van der Waals surface area contributed by atoms with E-state index in [-0.39, 0.29) is 13.0 Å². The van der Waals surface area contributed by atoms with Crippen molar-refractivity contribution < 1.29 is 34.5 Å². The molecule has 0 aromatic rings. The van der Waals surface area contributed by atoms with Gasteiger partial charge in [-0.1, -0.05) is 0 Å². The van der Waals surface area contributed by atoms with Crippen LogP contribution in [0.2, 0.25) is 0 Å². The van der Waals surface area contributed by atoms with Crippen molar-refractivity contribution in [3.8, 4) is 0 Å². The summed E-state index contributed by atoms with van der Waals surface area (Å²) in [6, 6.07) is -2.57. The lowest BCUT2D eigenvalue weighted by molar-refractivity contribution is -0.148. The summed E-state index contributed by atoms with van der Waals surface area (Å²) >= 11 is 0. The number of nitrogens with one attached hydrogen (secondary N) is 1. The third-order valence-corrected chi connectivity index (χ3v) is 2.98. The molecular weight excluding hydrogens is 272 g/mol. The Labute approximate surface area is 114 Å². The first kappa shape index (κ1) is 15.9. The molecule has 20 heavy (non-hydrogen) atoms. The number of rotatable bonds is 5. The van der Waals surface area contributed by atoms with Crippen LogP contribution in [0.15, 0.2) is 0 Å². The van der Waals surface area contributed by atoms with Crippen LogP contribution in [0.1, 0.15) is 19.8 Å². The summed E-state index contributed by atoms with van der Waals surface area (Å²) in [5.41, 5.74) is 0. The first-order chi connectivity index (χ1) is 9.22. The van der Waals surface area contributed by atoms with E-state index in [1.54, 1.807) is 0 Å². The number of aliphatic carboxylic acids is 2. The summed E-state index contributed by atoms with van der Waals surface area (Å²) in [5, 5.41) is 29.0. The van der Waals surface area contributed by atoms with Crippen molar-refractivity contribution in [1.29, 1.82) is 0 Å². The SMILES string of the molecule is CC(=O)N1C[C@H](O)C[C@H]1C(=O)N[C@@H](CC(=O)O)C(=O)O. The van der Waals surface area contributed by atoms with Gasteiger partial charge in [0.2, 0.25) is 11.8 Å². The molecule has 9 nitrogen and oxygen atoms in total. The Morgan fingerprint density at radius 1 is 1.30 bits per heavy atom. The molecule has 0 aromatic heterocycles. The number of β-amino-alcohol motifs (C(OH)–C–C–N with tert-alkyl or cyclic N) is 1. The average molecular weight is 288 g/mol. The molecule has 9 heteroatoms. The molecule has 0 radical (unpaired) electrons. The van der Waals surface area contributed by atoms with E-state index in [1.807, 2.05) is 0 Å². The molecule has 0 unspecified atom stereocenters. The third kappa shape index (κ3) is 3.92. The van der Waals surface area contributed by atoms with E-state index in [0.29, 0.717) is 0 Å². The number of likely N-dealkylation sites (tertiary alicyclic amines) is 1. The van der Waals surface area contributed by atoms with E-state index in [0.717, 1.165) is 4.90 Å². The number of amides is 2. The lowest BCUT2D eigenvalue weighted by Gasteiger charge is -2.23. The normalized spacial score (nSPS) is 23.2. The van der Waals surface area contributed by atoms with Crippen molar-refractivity contribution in [3.05, 3.63) is 0 Å². The minimum absolute atomic E-state index is 0.00910. The summed E-state index contributed by atoms with van der Waals surface area (Å²) in [4.78, 5) is 45.8. The number of carbonyl (C=O) groups is 4. The Balaban J connectivity index is 2.75. The van der Waals surface area contributed by atoms with Gasteiger partial charge in [0.15, 0.2) is 0 Å². The van der Waals surface area contributed by atoms with Crippen LogP contribution in [0.25, 0.3) is 0 Å². The lowest BCUT2D eigenvalue weighted by Crippen LogP contribution is -2.51. The molecule has 0 bridgehead atoms. The molecule has 0 aliphatic carbocycles. The second-order valence-electron chi connectivity index (χ2n) is 4.57. The van der Waals surface area contributed by atoms with Gasteiger partial charge in [-0.05, 0) is 0 Å². The number of carboxylic acid groups (broad SMARTS) is 2. The highest BCUT2D eigenvalue weighted by atomic mass is 16.4. The standard InChI is InChI=1S/C11H16N2O7/c1-5(14)13-4-6(15)2-8(13)10(18)12-7(11(19)20)3-9(16)17/h6-8,15H,2-4H2,1H3,(H,12,18)(H,16,17)(H,19,20)/t6-,7+,8+/m1/s1. The number of nitrogens with zero attached hydrogens (tertiary/aromatic N) is 1. The molecule has 4 N–H and O–H groups in total. The number of hydrogen-bond acceptors (Lipinski definition) is 5. The van der Waals surface area contributed by atoms with Gasteiger partial charge in [0.05, 0.1) is 12.5 Å². The van der Waals surface area contributed by atoms with Crippen molar-refractivity contribution in [2.75, 3.05) is 6.54 Å². The number of carboxylic acids is 2. The summed E-state index contributed by atoms with van der Waals surface area (Å²) in [6.07, 6.45) is -1.64. The summed E-state index contributed by atoms with van der Waals surface area (Å²) < 4.78 is 0. The maximum Gasteiger partial charge on any atom is 0.326 e. The van der Waals surface area contributed by atoms with Crippen molar-refractivity contribution in [1.82, 2.24) is 10.2 Å². The zero-order valence-corrected chi connectivity index (χ0v) is 10.8. The molecule has 112 valence electrons. The van der Waals surface area contributed by atoms with Crippen LogP contribution in [0.4, 0.5) is 0 Å². The summed E-state index contributed by atoms with van der Waals surface area (Å²) in [7, 11) is 0. The zero-order valence-electron chi connectivity index (χ0n) is 10.8. The van der Waals surface area contributed by atoms with Gasteiger partial charge in [-0.2, -0.15) is 0 Å². The molecule has 1 aliphatic heterocycles. The van der Waals surface area contributed by atoms with E-state index in [9.17, 15) is 24.3 Å². The summed E-state index contributed by atoms with van der Waals surface area (Å²) in [6.45, 7) is 1.22. The van der Waals surface area contributed by atoms with Crippen molar-refractivity contribution in [2.45, 2.75) is 38.0 Å². The van der Waals surface area contributed by atoms with Gasteiger partial charge in [0.1, 0.15) is 12.1 Å². The minimum Gasteiger partial charge on any atom is -0.481 e. The van der Waals surface area contributed by atoms with Gasteiger partial charge in [0, 0.05) is 19.9 Å². The molecule has 1 saturated heterocycles. The highest BCUT2D eigenvalue weighted by Gasteiger charge is 2.39. The second-order valence-corrected chi connectivity index (χ2v) is 4.57. The molecule has 0 aromatic carbocycles. The zero-order chi connectivity index (χ0) is 15.4. The molecule has 2 amide bonds. The maximum atomic E-state index is 11.9. The van der Waals surface area contributed by atoms with E-state index < -0.39 is 48.4 Å². The highest BCUT2D eigenvalue weighted by Crippen LogP contribution is 2.18. The molecular formula is C11H16N2O7. The Bertz CT molecular complexity index is 436. The maximum absolute atomic E-state index is 11.9. The number of aliphatic hydroxyl groups is 1. The third-order valence-electron chi connectivity index (χ3n) is 2.98. The Hall–Kier alpha value is -2.16. The van der Waals surface area contributed by atoms with Gasteiger partial charge >= 0.3 is 11.9 Å². The Morgan fingerprint density at radius 3 is 2.35 bits per heavy atom. The van der Waals surface area contributed by atoms with Crippen LogP contribution in [0.5, 0.6) is 0 Å². The second kappa shape index (κ2) is 6.33. The topological polar surface area (TPSA) is 144 Å². The Kier molecular flexibility index (Phi) is 5.03. The van der Waals surface area contributed by atoms with E-state index >= 15 is 0 Å². The van der Waals surface area contributed by atoms with Crippen molar-refractivity contribution >= 4 is 23.8 Å². The van der Waals surface area contributed by atoms with Crippen molar-refractivity contribution in [3.63, 3.8) is 0 Å². The molecule has 0 spiro atoms. The number of hydrogen-bond donors (Lipinski definition) is 4. The number of carbonyl (C=O) groups excluding carboxylic acids is 2. The van der Waals surface area contributed by atoms with Crippen molar-refractivity contribution in [2.24, 2.45) is 0 Å². The largest absolute Gasteiger partial charge is 0.481 e. The molecule has 0 saturated carbocycles. The predicted octanol–water partition coefficient (Wildman–Crippen LogP) is -1.99. The first-order valence-corrected chi connectivity index (χ1v) is 5.92. The van der Waals surface area contributed by atoms with Gasteiger partial charge in [0.25, 0.3) is 0 Å². The quantitative estimate of drug-likeness (QED) is 0.458. The van der Waals surface area contributed by atoms with Crippen LogP contribution in [-0.2, 0) is 19.2 Å². The van der Waals surface area contributed by atoms with Crippen LogP contribution < -0.4 is 5.32 Å². The van der Waals surface area contributed by atoms with Crippen LogP contribution in [-0.4, -0.2) is 68.7 Å². The van der Waals surface area contributed by atoms with Crippen LogP contribution in [0.3, 0.4) is 0 Å². The van der Waals surface area contributed by atoms with E-state index in [2.05, 4.69) is 5.32 Å². The van der Waals surface area contributed by atoms with E-state index in [4.69, 9.17) is 10.2 Å². The molecule has 1 rings (SSSR count). The smallest absolute Gasteiger partial charge is 0.326 e.